The van der Waals surface area contributed by atoms with Gasteiger partial charge in [-0.15, -0.1) is 24.0 Å². The summed E-state index contributed by atoms with van der Waals surface area (Å²) in [7, 11) is -1.21. The normalized spacial score (nSPS) is 18.4. The molecule has 132 valence electrons. The van der Waals surface area contributed by atoms with Crippen molar-refractivity contribution in [2.75, 3.05) is 25.6 Å². The first kappa shape index (κ1) is 21.9. The predicted octanol–water partition coefficient (Wildman–Crippen LogP) is 2.56. The zero-order valence-electron chi connectivity index (χ0n) is 14.1. The highest BCUT2D eigenvalue weighted by atomic mass is 127. The maximum atomic E-state index is 11.1. The van der Waals surface area contributed by atoms with E-state index in [1.54, 1.807) is 7.05 Å². The molecular weight excluding hydrogens is 413 g/mol. The molecular formula is C15H32IN3O2S. The molecule has 1 rings (SSSR count). The molecule has 0 spiro atoms. The maximum Gasteiger partial charge on any atom is 0.191 e. The van der Waals surface area contributed by atoms with Crippen LogP contribution in [0.15, 0.2) is 4.99 Å². The lowest BCUT2D eigenvalue weighted by atomic mass is 9.85. The first-order chi connectivity index (χ1) is 9.90. The molecule has 22 heavy (non-hydrogen) atoms. The molecule has 0 saturated heterocycles. The highest BCUT2D eigenvalue weighted by Crippen LogP contribution is 2.27. The van der Waals surface area contributed by atoms with E-state index >= 15 is 0 Å². The lowest BCUT2D eigenvalue weighted by Crippen LogP contribution is -2.43. The number of nitrogens with one attached hydrogen (secondary N) is 2. The van der Waals surface area contributed by atoms with Gasteiger partial charge in [-0.3, -0.25) is 4.99 Å². The average Bonchev–Trinajstić information content (AvgIpc) is 2.44. The summed E-state index contributed by atoms with van der Waals surface area (Å²) >= 11 is 0. The standard InChI is InChI=1S/C15H31N3O2S.HI/c1-13(9-10-14-7-5-4-6-8-14)18-15(16-2)17-11-12-21(3,19)20;/h13-14H,4-12H2,1-3H3,(H2,16,17,18);1H. The van der Waals surface area contributed by atoms with Crippen LogP contribution in [0.4, 0.5) is 0 Å². The maximum absolute atomic E-state index is 11.1. The third-order valence-electron chi connectivity index (χ3n) is 4.10. The third kappa shape index (κ3) is 10.6. The van der Waals surface area contributed by atoms with Crippen LogP contribution in [0.3, 0.4) is 0 Å². The molecule has 5 nitrogen and oxygen atoms in total. The summed E-state index contributed by atoms with van der Waals surface area (Å²) in [4.78, 5) is 4.14. The Balaban J connectivity index is 0.00000441. The Morgan fingerprint density at radius 3 is 2.45 bits per heavy atom. The molecule has 0 aromatic rings. The van der Waals surface area contributed by atoms with Gasteiger partial charge in [0.2, 0.25) is 0 Å². The van der Waals surface area contributed by atoms with Gasteiger partial charge in [-0.2, -0.15) is 0 Å². The summed E-state index contributed by atoms with van der Waals surface area (Å²) < 4.78 is 22.2. The van der Waals surface area contributed by atoms with Crippen molar-refractivity contribution >= 4 is 39.8 Å². The van der Waals surface area contributed by atoms with Crippen molar-refractivity contribution in [3.8, 4) is 0 Å². The van der Waals surface area contributed by atoms with Gasteiger partial charge in [-0.1, -0.05) is 32.1 Å². The fraction of sp³-hybridized carbons (Fsp3) is 0.933. The summed E-state index contributed by atoms with van der Waals surface area (Å²) in [5.74, 6) is 1.71. The Morgan fingerprint density at radius 2 is 1.91 bits per heavy atom. The number of hydrogen-bond acceptors (Lipinski definition) is 3. The zero-order valence-corrected chi connectivity index (χ0v) is 17.2. The van der Waals surface area contributed by atoms with Crippen molar-refractivity contribution in [2.24, 2.45) is 10.9 Å². The van der Waals surface area contributed by atoms with E-state index in [0.29, 0.717) is 18.5 Å². The minimum absolute atomic E-state index is 0. The molecule has 0 bridgehead atoms. The number of hydrogen-bond donors (Lipinski definition) is 2. The molecule has 2 N–H and O–H groups in total. The molecule has 1 aliphatic carbocycles. The summed E-state index contributed by atoms with van der Waals surface area (Å²) in [5, 5.41) is 6.39. The van der Waals surface area contributed by atoms with Crippen LogP contribution in [0.25, 0.3) is 0 Å². The molecule has 1 atom stereocenters. The Hall–Kier alpha value is -0.0500. The van der Waals surface area contributed by atoms with Crippen molar-refractivity contribution < 1.29 is 8.42 Å². The number of halogens is 1. The summed E-state index contributed by atoms with van der Waals surface area (Å²) in [6.45, 7) is 2.56. The smallest absolute Gasteiger partial charge is 0.191 e. The van der Waals surface area contributed by atoms with Crippen LogP contribution in [0.1, 0.15) is 51.9 Å². The number of rotatable bonds is 7. The highest BCUT2D eigenvalue weighted by Gasteiger charge is 2.15. The highest BCUT2D eigenvalue weighted by molar-refractivity contribution is 14.0. The number of guanidine groups is 1. The zero-order chi connectivity index (χ0) is 15.7. The molecule has 0 radical (unpaired) electrons. The number of aliphatic imine (C=N–C) groups is 1. The molecule has 1 saturated carbocycles. The van der Waals surface area contributed by atoms with E-state index in [9.17, 15) is 8.42 Å². The third-order valence-corrected chi connectivity index (χ3v) is 5.05. The number of sulfone groups is 1. The van der Waals surface area contributed by atoms with Crippen molar-refractivity contribution in [1.29, 1.82) is 0 Å². The molecule has 0 aromatic carbocycles. The van der Waals surface area contributed by atoms with Gasteiger partial charge >= 0.3 is 0 Å². The van der Waals surface area contributed by atoms with Gasteiger partial charge in [-0.25, -0.2) is 8.42 Å². The summed E-state index contributed by atoms with van der Waals surface area (Å²) in [6, 6.07) is 0.358. The van der Waals surface area contributed by atoms with Gasteiger partial charge in [0.25, 0.3) is 0 Å². The van der Waals surface area contributed by atoms with E-state index in [0.717, 1.165) is 12.3 Å². The van der Waals surface area contributed by atoms with E-state index < -0.39 is 9.84 Å². The SMILES string of the molecule is CN=C(NCCS(C)(=O)=O)NC(C)CCC1CCCCC1.I. The summed E-state index contributed by atoms with van der Waals surface area (Å²) in [6.07, 6.45) is 10.6. The van der Waals surface area contributed by atoms with Crippen molar-refractivity contribution in [3.05, 3.63) is 0 Å². The minimum Gasteiger partial charge on any atom is -0.355 e. The lowest BCUT2D eigenvalue weighted by Gasteiger charge is -2.24. The van der Waals surface area contributed by atoms with Gasteiger partial charge in [-0.05, 0) is 25.7 Å². The van der Waals surface area contributed by atoms with E-state index in [2.05, 4.69) is 22.5 Å². The van der Waals surface area contributed by atoms with Gasteiger partial charge in [0.15, 0.2) is 5.96 Å². The second kappa shape index (κ2) is 11.5. The first-order valence-electron chi connectivity index (χ1n) is 8.05. The average molecular weight is 445 g/mol. The molecule has 1 aliphatic rings. The monoisotopic (exact) mass is 445 g/mol. The van der Waals surface area contributed by atoms with E-state index in [4.69, 9.17) is 0 Å². The van der Waals surface area contributed by atoms with E-state index in [1.165, 1.54) is 44.8 Å². The van der Waals surface area contributed by atoms with Crippen LogP contribution < -0.4 is 10.6 Å². The quantitative estimate of drug-likeness (QED) is 0.359. The molecule has 1 unspecified atom stereocenters. The number of nitrogens with zero attached hydrogens (tertiary/aromatic N) is 1. The largest absolute Gasteiger partial charge is 0.355 e. The van der Waals surface area contributed by atoms with Crippen LogP contribution >= 0.6 is 24.0 Å². The molecule has 0 aromatic heterocycles. The molecule has 0 aliphatic heterocycles. The van der Waals surface area contributed by atoms with Gasteiger partial charge < -0.3 is 10.6 Å². The van der Waals surface area contributed by atoms with Crippen LogP contribution in [-0.2, 0) is 9.84 Å². The van der Waals surface area contributed by atoms with E-state index in [1.807, 2.05) is 0 Å². The van der Waals surface area contributed by atoms with E-state index in [-0.39, 0.29) is 29.7 Å². The Morgan fingerprint density at radius 1 is 1.27 bits per heavy atom. The molecule has 1 fully saturated rings. The second-order valence-corrected chi connectivity index (χ2v) is 8.52. The molecule has 0 heterocycles. The minimum atomic E-state index is -2.93. The summed E-state index contributed by atoms with van der Waals surface area (Å²) in [5.41, 5.74) is 0. The Labute approximate surface area is 153 Å². The van der Waals surface area contributed by atoms with Crippen molar-refractivity contribution in [3.63, 3.8) is 0 Å². The van der Waals surface area contributed by atoms with Gasteiger partial charge in [0.1, 0.15) is 9.84 Å². The van der Waals surface area contributed by atoms with Crippen LogP contribution in [0.5, 0.6) is 0 Å². The molecule has 0 amide bonds. The predicted molar refractivity (Wildman–Crippen MR) is 105 cm³/mol. The van der Waals surface area contributed by atoms with Gasteiger partial charge in [0.05, 0.1) is 5.75 Å². The van der Waals surface area contributed by atoms with Crippen molar-refractivity contribution in [1.82, 2.24) is 10.6 Å². The fourth-order valence-corrected chi connectivity index (χ4v) is 3.29. The Bertz CT molecular complexity index is 421. The first-order valence-corrected chi connectivity index (χ1v) is 10.1. The van der Waals surface area contributed by atoms with Crippen LogP contribution in [0, 0.1) is 5.92 Å². The molecule has 7 heteroatoms. The second-order valence-electron chi connectivity index (χ2n) is 6.26. The van der Waals surface area contributed by atoms with Gasteiger partial charge in [0, 0.05) is 25.9 Å². The van der Waals surface area contributed by atoms with Crippen LogP contribution in [-0.4, -0.2) is 46.0 Å². The van der Waals surface area contributed by atoms with Crippen LogP contribution in [0.2, 0.25) is 0 Å². The topological polar surface area (TPSA) is 70.6 Å². The fourth-order valence-electron chi connectivity index (χ4n) is 2.82. The lowest BCUT2D eigenvalue weighted by molar-refractivity contribution is 0.322. The van der Waals surface area contributed by atoms with Crippen molar-refractivity contribution in [2.45, 2.75) is 57.9 Å². The Kier molecular flexibility index (Phi) is 11.5.